The van der Waals surface area contributed by atoms with Crippen molar-refractivity contribution in [1.29, 1.82) is 0 Å². The van der Waals surface area contributed by atoms with Gasteiger partial charge in [0, 0.05) is 22.2 Å². The summed E-state index contributed by atoms with van der Waals surface area (Å²) in [5, 5.41) is 3.44. The number of pyridine rings is 1. The topological polar surface area (TPSA) is 38.9 Å². The lowest BCUT2D eigenvalue weighted by Gasteiger charge is -2.16. The molecule has 0 aliphatic carbocycles. The Morgan fingerprint density at radius 3 is 2.47 bits per heavy atom. The summed E-state index contributed by atoms with van der Waals surface area (Å²) in [5.74, 6) is 0.392. The first-order valence-electron chi connectivity index (χ1n) is 6.67. The molecule has 1 aromatic heterocycles. The Kier molecular flexibility index (Phi) is 2.67. The number of hydrogen-bond acceptors (Lipinski definition) is 2. The van der Waals surface area contributed by atoms with E-state index < -0.39 is 0 Å². The SMILES string of the molecule is Cc1nc2c(ccc3ccccc32)c(N)c1C(C)C. The van der Waals surface area contributed by atoms with Gasteiger partial charge >= 0.3 is 0 Å². The van der Waals surface area contributed by atoms with Gasteiger partial charge in [0.15, 0.2) is 0 Å². The average molecular weight is 250 g/mol. The van der Waals surface area contributed by atoms with Crippen LogP contribution in [0.4, 0.5) is 5.69 Å². The van der Waals surface area contributed by atoms with E-state index in [0.717, 1.165) is 22.3 Å². The standard InChI is InChI=1S/C17H18N2/c1-10(2)15-11(3)19-17-13-7-5-4-6-12(13)8-9-14(17)16(15)18/h4-10H,1-3H3,(H2,18,19). The number of aryl methyl sites for hydroxylation is 1. The Balaban J connectivity index is 2.50. The van der Waals surface area contributed by atoms with Gasteiger partial charge in [-0.1, -0.05) is 50.2 Å². The lowest BCUT2D eigenvalue weighted by atomic mass is 9.95. The number of rotatable bonds is 1. The van der Waals surface area contributed by atoms with Gasteiger partial charge in [-0.2, -0.15) is 0 Å². The predicted molar refractivity (Wildman–Crippen MR) is 82.5 cm³/mol. The molecule has 3 aromatic rings. The molecule has 2 N–H and O–H groups in total. The summed E-state index contributed by atoms with van der Waals surface area (Å²) >= 11 is 0. The van der Waals surface area contributed by atoms with E-state index in [9.17, 15) is 0 Å². The van der Waals surface area contributed by atoms with Crippen LogP contribution in [0.2, 0.25) is 0 Å². The number of anilines is 1. The summed E-state index contributed by atoms with van der Waals surface area (Å²) in [6.45, 7) is 6.37. The molecule has 0 aliphatic heterocycles. The van der Waals surface area contributed by atoms with Crippen LogP contribution in [0.1, 0.15) is 31.0 Å². The highest BCUT2D eigenvalue weighted by Crippen LogP contribution is 2.34. The first kappa shape index (κ1) is 12.0. The maximum atomic E-state index is 6.37. The Labute approximate surface area is 113 Å². The summed E-state index contributed by atoms with van der Waals surface area (Å²) in [4.78, 5) is 4.81. The third-order valence-electron chi connectivity index (χ3n) is 3.73. The van der Waals surface area contributed by atoms with E-state index in [4.69, 9.17) is 10.7 Å². The molecule has 0 unspecified atom stereocenters. The van der Waals surface area contributed by atoms with Crippen LogP contribution in [0.15, 0.2) is 36.4 Å². The second kappa shape index (κ2) is 4.23. The molecule has 0 fully saturated rings. The number of benzene rings is 2. The molecule has 2 nitrogen and oxygen atoms in total. The Hall–Kier alpha value is -2.09. The zero-order chi connectivity index (χ0) is 13.6. The highest BCUT2D eigenvalue weighted by atomic mass is 14.7. The van der Waals surface area contributed by atoms with Gasteiger partial charge in [-0.05, 0) is 23.8 Å². The van der Waals surface area contributed by atoms with Gasteiger partial charge in [0.2, 0.25) is 0 Å². The van der Waals surface area contributed by atoms with Crippen molar-refractivity contribution in [3.05, 3.63) is 47.7 Å². The van der Waals surface area contributed by atoms with Crippen molar-refractivity contribution < 1.29 is 0 Å². The van der Waals surface area contributed by atoms with Crippen molar-refractivity contribution in [3.8, 4) is 0 Å². The van der Waals surface area contributed by atoms with Crippen molar-refractivity contribution in [1.82, 2.24) is 4.98 Å². The molecular weight excluding hydrogens is 232 g/mol. The second-order valence-corrected chi connectivity index (χ2v) is 5.36. The van der Waals surface area contributed by atoms with Gasteiger partial charge in [-0.3, -0.25) is 4.98 Å². The molecule has 0 amide bonds. The van der Waals surface area contributed by atoms with Gasteiger partial charge in [-0.15, -0.1) is 0 Å². The zero-order valence-corrected chi connectivity index (χ0v) is 11.6. The van der Waals surface area contributed by atoms with E-state index in [1.165, 1.54) is 16.3 Å². The number of nitrogens with two attached hydrogens (primary N) is 1. The van der Waals surface area contributed by atoms with E-state index in [1.54, 1.807) is 0 Å². The average Bonchev–Trinajstić information content (AvgIpc) is 2.38. The summed E-state index contributed by atoms with van der Waals surface area (Å²) < 4.78 is 0. The number of aromatic nitrogens is 1. The zero-order valence-electron chi connectivity index (χ0n) is 11.6. The van der Waals surface area contributed by atoms with Gasteiger partial charge in [0.25, 0.3) is 0 Å². The molecule has 3 rings (SSSR count). The van der Waals surface area contributed by atoms with Crippen LogP contribution in [-0.4, -0.2) is 4.98 Å². The maximum absolute atomic E-state index is 6.37. The summed E-state index contributed by atoms with van der Waals surface area (Å²) in [6.07, 6.45) is 0. The first-order valence-corrected chi connectivity index (χ1v) is 6.67. The highest BCUT2D eigenvalue weighted by molar-refractivity contribution is 6.09. The second-order valence-electron chi connectivity index (χ2n) is 5.36. The quantitative estimate of drug-likeness (QED) is 0.650. The third-order valence-corrected chi connectivity index (χ3v) is 3.73. The molecule has 0 spiro atoms. The number of hydrogen-bond donors (Lipinski definition) is 1. The van der Waals surface area contributed by atoms with E-state index in [-0.39, 0.29) is 0 Å². The molecule has 0 radical (unpaired) electrons. The largest absolute Gasteiger partial charge is 0.398 e. The smallest absolute Gasteiger partial charge is 0.0804 e. The van der Waals surface area contributed by atoms with Crippen LogP contribution in [0, 0.1) is 6.92 Å². The van der Waals surface area contributed by atoms with Crippen LogP contribution in [-0.2, 0) is 0 Å². The monoisotopic (exact) mass is 250 g/mol. The van der Waals surface area contributed by atoms with Crippen LogP contribution < -0.4 is 5.73 Å². The van der Waals surface area contributed by atoms with Gasteiger partial charge in [-0.25, -0.2) is 0 Å². The van der Waals surface area contributed by atoms with E-state index in [2.05, 4.69) is 38.1 Å². The molecule has 0 atom stereocenters. The predicted octanol–water partition coefficient (Wildman–Crippen LogP) is 4.40. The van der Waals surface area contributed by atoms with Crippen LogP contribution in [0.3, 0.4) is 0 Å². The minimum atomic E-state index is 0.392. The Bertz CT molecular complexity index is 773. The van der Waals surface area contributed by atoms with Crippen molar-refractivity contribution in [2.24, 2.45) is 0 Å². The molecule has 0 saturated carbocycles. The minimum absolute atomic E-state index is 0.392. The van der Waals surface area contributed by atoms with E-state index in [1.807, 2.05) is 19.1 Å². The van der Waals surface area contributed by atoms with Gasteiger partial charge in [0.05, 0.1) is 5.52 Å². The van der Waals surface area contributed by atoms with Crippen molar-refractivity contribution >= 4 is 27.4 Å². The van der Waals surface area contributed by atoms with Gasteiger partial charge in [0.1, 0.15) is 0 Å². The first-order chi connectivity index (χ1) is 9.09. The van der Waals surface area contributed by atoms with Crippen LogP contribution in [0.5, 0.6) is 0 Å². The number of nitrogens with zero attached hydrogens (tertiary/aromatic N) is 1. The van der Waals surface area contributed by atoms with E-state index in [0.29, 0.717) is 5.92 Å². The molecule has 0 aliphatic rings. The Morgan fingerprint density at radius 2 is 1.74 bits per heavy atom. The molecule has 0 bridgehead atoms. The molecule has 1 heterocycles. The highest BCUT2D eigenvalue weighted by Gasteiger charge is 2.14. The van der Waals surface area contributed by atoms with Crippen LogP contribution in [0.25, 0.3) is 21.7 Å². The summed E-state index contributed by atoms with van der Waals surface area (Å²) in [7, 11) is 0. The molecular formula is C17H18N2. The fourth-order valence-electron chi connectivity index (χ4n) is 2.89. The van der Waals surface area contributed by atoms with E-state index >= 15 is 0 Å². The fraction of sp³-hybridized carbons (Fsp3) is 0.235. The molecule has 2 heteroatoms. The van der Waals surface area contributed by atoms with Crippen LogP contribution >= 0.6 is 0 Å². The summed E-state index contributed by atoms with van der Waals surface area (Å²) in [6, 6.07) is 12.5. The fourth-order valence-corrected chi connectivity index (χ4v) is 2.89. The lowest BCUT2D eigenvalue weighted by molar-refractivity contribution is 0.851. The molecule has 19 heavy (non-hydrogen) atoms. The lowest BCUT2D eigenvalue weighted by Crippen LogP contribution is -2.03. The van der Waals surface area contributed by atoms with Gasteiger partial charge < -0.3 is 5.73 Å². The number of fused-ring (bicyclic) bond motifs is 3. The number of nitrogen functional groups attached to an aromatic ring is 1. The van der Waals surface area contributed by atoms with Crippen molar-refractivity contribution in [2.75, 3.05) is 5.73 Å². The van der Waals surface area contributed by atoms with Crippen molar-refractivity contribution in [2.45, 2.75) is 26.7 Å². The molecule has 0 saturated heterocycles. The normalized spacial score (nSPS) is 11.6. The summed E-state index contributed by atoms with van der Waals surface area (Å²) in [5.41, 5.74) is 10.5. The van der Waals surface area contributed by atoms with Crippen molar-refractivity contribution in [3.63, 3.8) is 0 Å². The Morgan fingerprint density at radius 1 is 1.00 bits per heavy atom. The minimum Gasteiger partial charge on any atom is -0.398 e. The third kappa shape index (κ3) is 1.75. The molecule has 2 aromatic carbocycles. The maximum Gasteiger partial charge on any atom is 0.0804 e. The molecule has 96 valence electrons.